The summed E-state index contributed by atoms with van der Waals surface area (Å²) in [4.78, 5) is 42.1. The van der Waals surface area contributed by atoms with E-state index >= 15 is 0 Å². The fourth-order valence-electron chi connectivity index (χ4n) is 3.87. The molecule has 7 nitrogen and oxygen atoms in total. The highest BCUT2D eigenvalue weighted by Gasteiger charge is 2.24. The quantitative estimate of drug-likeness (QED) is 0.635. The van der Waals surface area contributed by atoms with Crippen LogP contribution in [0.5, 0.6) is 0 Å². The first kappa shape index (κ1) is 22.6. The van der Waals surface area contributed by atoms with Crippen LogP contribution in [0.25, 0.3) is 0 Å². The van der Waals surface area contributed by atoms with Gasteiger partial charge in [-0.05, 0) is 42.3 Å². The number of pyridine rings is 1. The van der Waals surface area contributed by atoms with Crippen LogP contribution in [0.2, 0.25) is 5.02 Å². The first-order chi connectivity index (χ1) is 16.0. The van der Waals surface area contributed by atoms with E-state index in [2.05, 4.69) is 5.32 Å². The average molecular weight is 465 g/mol. The van der Waals surface area contributed by atoms with Crippen molar-refractivity contribution in [3.63, 3.8) is 0 Å². The number of carbonyl (C=O) groups excluding carboxylic acids is 2. The molecule has 8 heteroatoms. The molecule has 1 aliphatic rings. The van der Waals surface area contributed by atoms with Crippen LogP contribution in [0.4, 0.5) is 10.5 Å². The smallest absolute Gasteiger partial charge is 0.321 e. The summed E-state index contributed by atoms with van der Waals surface area (Å²) in [5, 5.41) is 3.38. The Bertz CT molecular complexity index is 1200. The molecule has 1 N–H and O–H groups in total. The normalized spacial score (nSPS) is 14.0. The monoisotopic (exact) mass is 464 g/mol. The number of nitrogens with one attached hydrogen (secondary N) is 1. The second-order valence-corrected chi connectivity index (χ2v) is 8.35. The molecule has 1 fully saturated rings. The third-order valence-corrected chi connectivity index (χ3v) is 5.83. The van der Waals surface area contributed by atoms with E-state index in [1.807, 2.05) is 30.3 Å². The third kappa shape index (κ3) is 5.62. The Balaban J connectivity index is 1.42. The van der Waals surface area contributed by atoms with Crippen LogP contribution in [0.3, 0.4) is 0 Å². The lowest BCUT2D eigenvalue weighted by Crippen LogP contribution is -2.41. The summed E-state index contributed by atoms with van der Waals surface area (Å²) in [6, 6.07) is 19.7. The van der Waals surface area contributed by atoms with Crippen molar-refractivity contribution >= 4 is 29.2 Å². The predicted octanol–water partition coefficient (Wildman–Crippen LogP) is 3.93. The summed E-state index contributed by atoms with van der Waals surface area (Å²) in [5.41, 5.74) is 1.43. The standard InChI is InChI=1S/C25H25ClN4O3/c26-20-9-4-10-21(17-20)27-25(33)29-14-6-13-28(15-16-29)23(31)22-11-5-12-30(24(22)32)18-19-7-2-1-3-8-19/h1-5,7-12,17H,6,13-16,18H2,(H,27,33). The topological polar surface area (TPSA) is 74.7 Å². The second kappa shape index (κ2) is 10.4. The van der Waals surface area contributed by atoms with Crippen molar-refractivity contribution in [3.05, 3.63) is 99.4 Å². The van der Waals surface area contributed by atoms with E-state index in [-0.39, 0.29) is 23.1 Å². The highest BCUT2D eigenvalue weighted by molar-refractivity contribution is 6.30. The minimum absolute atomic E-state index is 0.144. The van der Waals surface area contributed by atoms with E-state index in [4.69, 9.17) is 11.6 Å². The fourth-order valence-corrected chi connectivity index (χ4v) is 4.06. The number of hydrogen-bond acceptors (Lipinski definition) is 3. The maximum Gasteiger partial charge on any atom is 0.321 e. The molecule has 1 aromatic heterocycles. The molecule has 33 heavy (non-hydrogen) atoms. The first-order valence-electron chi connectivity index (χ1n) is 10.9. The van der Waals surface area contributed by atoms with Crippen LogP contribution in [0.1, 0.15) is 22.3 Å². The molecule has 0 bridgehead atoms. The van der Waals surface area contributed by atoms with E-state index in [0.29, 0.717) is 49.9 Å². The largest absolute Gasteiger partial charge is 0.337 e. The summed E-state index contributed by atoms with van der Waals surface area (Å²) >= 11 is 5.99. The summed E-state index contributed by atoms with van der Waals surface area (Å²) in [7, 11) is 0. The number of nitrogens with zero attached hydrogens (tertiary/aromatic N) is 3. The lowest BCUT2D eigenvalue weighted by atomic mass is 10.2. The van der Waals surface area contributed by atoms with Crippen LogP contribution < -0.4 is 10.9 Å². The van der Waals surface area contributed by atoms with Crippen molar-refractivity contribution in [2.75, 3.05) is 31.5 Å². The zero-order chi connectivity index (χ0) is 23.2. The maximum absolute atomic E-state index is 13.2. The molecule has 1 saturated heterocycles. The fraction of sp³-hybridized carbons (Fsp3) is 0.240. The van der Waals surface area contributed by atoms with Gasteiger partial charge in [-0.1, -0.05) is 48.0 Å². The van der Waals surface area contributed by atoms with Gasteiger partial charge in [-0.3, -0.25) is 9.59 Å². The van der Waals surface area contributed by atoms with Crippen molar-refractivity contribution in [1.82, 2.24) is 14.4 Å². The molecule has 3 amide bonds. The molecule has 0 saturated carbocycles. The zero-order valence-corrected chi connectivity index (χ0v) is 18.9. The van der Waals surface area contributed by atoms with Crippen molar-refractivity contribution in [1.29, 1.82) is 0 Å². The van der Waals surface area contributed by atoms with Crippen molar-refractivity contribution < 1.29 is 9.59 Å². The number of amides is 3. The molecular formula is C25H25ClN4O3. The van der Waals surface area contributed by atoms with Crippen LogP contribution in [0.15, 0.2) is 77.7 Å². The van der Waals surface area contributed by atoms with E-state index in [1.165, 1.54) is 0 Å². The summed E-state index contributed by atoms with van der Waals surface area (Å²) < 4.78 is 1.55. The Hall–Kier alpha value is -3.58. The first-order valence-corrected chi connectivity index (χ1v) is 11.2. The van der Waals surface area contributed by atoms with Crippen LogP contribution in [0, 0.1) is 0 Å². The van der Waals surface area contributed by atoms with Gasteiger partial charge in [-0.2, -0.15) is 0 Å². The molecular weight excluding hydrogens is 440 g/mol. The van der Waals surface area contributed by atoms with E-state index in [9.17, 15) is 14.4 Å². The molecule has 2 heterocycles. The van der Waals surface area contributed by atoms with Gasteiger partial charge >= 0.3 is 6.03 Å². The highest BCUT2D eigenvalue weighted by Crippen LogP contribution is 2.16. The Kier molecular flexibility index (Phi) is 7.10. The van der Waals surface area contributed by atoms with E-state index in [1.54, 1.807) is 57.0 Å². The van der Waals surface area contributed by atoms with Crippen LogP contribution in [-0.2, 0) is 6.54 Å². The number of rotatable bonds is 4. The highest BCUT2D eigenvalue weighted by atomic mass is 35.5. The number of benzene rings is 2. The molecule has 2 aromatic carbocycles. The average Bonchev–Trinajstić information content (AvgIpc) is 3.07. The van der Waals surface area contributed by atoms with Gasteiger partial charge in [0.25, 0.3) is 11.5 Å². The maximum atomic E-state index is 13.2. The molecule has 4 rings (SSSR count). The number of aromatic nitrogens is 1. The molecule has 0 unspecified atom stereocenters. The Morgan fingerprint density at radius 3 is 2.42 bits per heavy atom. The summed E-state index contributed by atoms with van der Waals surface area (Å²) in [5.74, 6) is -0.306. The van der Waals surface area contributed by atoms with Crippen LogP contribution in [-0.4, -0.2) is 52.5 Å². The third-order valence-electron chi connectivity index (χ3n) is 5.59. The minimum Gasteiger partial charge on any atom is -0.337 e. The zero-order valence-electron chi connectivity index (χ0n) is 18.1. The molecule has 1 aliphatic heterocycles. The van der Waals surface area contributed by atoms with Gasteiger partial charge in [0, 0.05) is 43.1 Å². The molecule has 0 radical (unpaired) electrons. The van der Waals surface area contributed by atoms with Gasteiger partial charge in [0.15, 0.2) is 0 Å². The molecule has 0 spiro atoms. The Morgan fingerprint density at radius 2 is 1.64 bits per heavy atom. The van der Waals surface area contributed by atoms with Crippen molar-refractivity contribution in [2.24, 2.45) is 0 Å². The molecule has 3 aromatic rings. The number of carbonyl (C=O) groups is 2. The van der Waals surface area contributed by atoms with Crippen molar-refractivity contribution in [2.45, 2.75) is 13.0 Å². The predicted molar refractivity (Wildman–Crippen MR) is 129 cm³/mol. The van der Waals surface area contributed by atoms with Crippen molar-refractivity contribution in [3.8, 4) is 0 Å². The number of urea groups is 1. The van der Waals surface area contributed by atoms with Gasteiger partial charge in [-0.15, -0.1) is 0 Å². The Labute approximate surface area is 197 Å². The van der Waals surface area contributed by atoms with E-state index < -0.39 is 0 Å². The Morgan fingerprint density at radius 1 is 0.879 bits per heavy atom. The van der Waals surface area contributed by atoms with Gasteiger partial charge in [0.2, 0.25) is 0 Å². The lowest BCUT2D eigenvalue weighted by molar-refractivity contribution is 0.0760. The summed E-state index contributed by atoms with van der Waals surface area (Å²) in [6.07, 6.45) is 2.32. The molecule has 0 aliphatic carbocycles. The minimum atomic E-state index is -0.314. The van der Waals surface area contributed by atoms with Gasteiger partial charge < -0.3 is 19.7 Å². The van der Waals surface area contributed by atoms with Crippen LogP contribution >= 0.6 is 11.6 Å². The van der Waals surface area contributed by atoms with Gasteiger partial charge in [0.05, 0.1) is 6.54 Å². The summed E-state index contributed by atoms with van der Waals surface area (Å²) in [6.45, 7) is 2.13. The van der Waals surface area contributed by atoms with E-state index in [0.717, 1.165) is 5.56 Å². The number of halogens is 1. The van der Waals surface area contributed by atoms with Gasteiger partial charge in [0.1, 0.15) is 5.56 Å². The molecule has 0 atom stereocenters. The second-order valence-electron chi connectivity index (χ2n) is 7.91. The lowest BCUT2D eigenvalue weighted by Gasteiger charge is -2.22. The molecule has 170 valence electrons. The number of anilines is 1. The number of hydrogen-bond donors (Lipinski definition) is 1. The SMILES string of the molecule is O=C(Nc1cccc(Cl)c1)N1CCCN(C(=O)c2cccn(Cc3ccccc3)c2=O)CC1. The van der Waals surface area contributed by atoms with Gasteiger partial charge in [-0.25, -0.2) is 4.79 Å².